The maximum Gasteiger partial charge on any atom is 0.246 e. The Morgan fingerprint density at radius 3 is 2.92 bits per heavy atom. The first-order chi connectivity index (χ1) is 11.5. The number of piperidine rings is 1. The van der Waals surface area contributed by atoms with Crippen LogP contribution >= 0.6 is 11.3 Å². The van der Waals surface area contributed by atoms with E-state index in [0.717, 1.165) is 42.9 Å². The molecule has 1 saturated heterocycles. The first-order valence-electron chi connectivity index (χ1n) is 8.69. The minimum atomic E-state index is -0.100. The fraction of sp³-hybridized carbons (Fsp3) is 0.611. The number of nitrogens with zero attached hydrogens (tertiary/aromatic N) is 2. The van der Waals surface area contributed by atoms with Crippen molar-refractivity contribution in [1.29, 1.82) is 0 Å². The van der Waals surface area contributed by atoms with E-state index in [-0.39, 0.29) is 23.8 Å². The standard InChI is InChI=1S/C18H27N3O2S/c1-4-5-10-19-18(23)15-7-6-13(2)21(11-15)17(22)9-8-16-12-24-14(3)20-16/h8-9,12-13,15H,4-7,10-11H2,1-3H3,(H,19,23)/b9-8+. The molecule has 24 heavy (non-hydrogen) atoms. The van der Waals surface area contributed by atoms with Crippen LogP contribution in [0.25, 0.3) is 6.08 Å². The number of aryl methyl sites for hydroxylation is 1. The average molecular weight is 350 g/mol. The third-order valence-electron chi connectivity index (χ3n) is 4.40. The first-order valence-corrected chi connectivity index (χ1v) is 9.57. The summed E-state index contributed by atoms with van der Waals surface area (Å²) in [6, 6.07) is 0.166. The first kappa shape index (κ1) is 18.6. The molecule has 1 aliphatic heterocycles. The number of hydrogen-bond donors (Lipinski definition) is 1. The van der Waals surface area contributed by atoms with Crippen LogP contribution < -0.4 is 5.32 Å². The van der Waals surface area contributed by atoms with Gasteiger partial charge in [0.15, 0.2) is 0 Å². The second-order valence-electron chi connectivity index (χ2n) is 6.38. The molecule has 0 saturated carbocycles. The van der Waals surface area contributed by atoms with Gasteiger partial charge in [-0.1, -0.05) is 13.3 Å². The monoisotopic (exact) mass is 349 g/mol. The van der Waals surface area contributed by atoms with Gasteiger partial charge in [0.2, 0.25) is 11.8 Å². The van der Waals surface area contributed by atoms with E-state index in [9.17, 15) is 9.59 Å². The number of hydrogen-bond acceptors (Lipinski definition) is 4. The fourth-order valence-corrected chi connectivity index (χ4v) is 3.45. The molecule has 1 N–H and O–H groups in total. The summed E-state index contributed by atoms with van der Waals surface area (Å²) in [6.07, 6.45) is 7.09. The molecule has 1 aromatic rings. The molecule has 2 atom stereocenters. The van der Waals surface area contributed by atoms with Crippen LogP contribution in [0.3, 0.4) is 0 Å². The second-order valence-corrected chi connectivity index (χ2v) is 7.45. The molecule has 132 valence electrons. The van der Waals surface area contributed by atoms with Crippen molar-refractivity contribution in [3.8, 4) is 0 Å². The lowest BCUT2D eigenvalue weighted by Gasteiger charge is -2.36. The summed E-state index contributed by atoms with van der Waals surface area (Å²) in [6.45, 7) is 7.31. The molecule has 1 aliphatic rings. The van der Waals surface area contributed by atoms with Gasteiger partial charge in [-0.05, 0) is 39.2 Å². The van der Waals surface area contributed by atoms with Crippen LogP contribution in [0.1, 0.15) is 50.2 Å². The Kier molecular flexibility index (Phi) is 6.97. The molecule has 6 heteroatoms. The number of aromatic nitrogens is 1. The highest BCUT2D eigenvalue weighted by Gasteiger charge is 2.31. The molecule has 2 unspecified atom stereocenters. The molecule has 2 amide bonds. The van der Waals surface area contributed by atoms with Crippen molar-refractivity contribution in [2.45, 2.75) is 52.5 Å². The molecule has 0 aliphatic carbocycles. The summed E-state index contributed by atoms with van der Waals surface area (Å²) in [4.78, 5) is 30.9. The van der Waals surface area contributed by atoms with Gasteiger partial charge >= 0.3 is 0 Å². The number of carbonyl (C=O) groups excluding carboxylic acids is 2. The highest BCUT2D eigenvalue weighted by Crippen LogP contribution is 2.22. The highest BCUT2D eigenvalue weighted by atomic mass is 32.1. The van der Waals surface area contributed by atoms with Gasteiger partial charge in [-0.2, -0.15) is 0 Å². The lowest BCUT2D eigenvalue weighted by Crippen LogP contribution is -2.49. The number of thiazole rings is 1. The molecule has 2 heterocycles. The van der Waals surface area contributed by atoms with Crippen molar-refractivity contribution < 1.29 is 9.59 Å². The second kappa shape index (κ2) is 8.97. The summed E-state index contributed by atoms with van der Waals surface area (Å²) in [5.74, 6) is -0.0663. The molecule has 1 fully saturated rings. The van der Waals surface area contributed by atoms with Gasteiger partial charge in [0.25, 0.3) is 0 Å². The van der Waals surface area contributed by atoms with Crippen LogP contribution in [0, 0.1) is 12.8 Å². The summed E-state index contributed by atoms with van der Waals surface area (Å²) in [5.41, 5.74) is 0.810. The molecular formula is C18H27N3O2S. The lowest BCUT2D eigenvalue weighted by atomic mass is 9.92. The number of carbonyl (C=O) groups is 2. The maximum atomic E-state index is 12.5. The number of likely N-dealkylation sites (tertiary alicyclic amines) is 1. The van der Waals surface area contributed by atoms with Crippen molar-refractivity contribution in [3.63, 3.8) is 0 Å². The van der Waals surface area contributed by atoms with E-state index in [1.807, 2.05) is 24.1 Å². The number of rotatable bonds is 6. The Hall–Kier alpha value is -1.69. The zero-order chi connectivity index (χ0) is 17.5. The molecule has 1 aromatic heterocycles. The van der Waals surface area contributed by atoms with Crippen molar-refractivity contribution >= 4 is 29.2 Å². The summed E-state index contributed by atoms with van der Waals surface area (Å²) < 4.78 is 0. The smallest absolute Gasteiger partial charge is 0.246 e. The largest absolute Gasteiger partial charge is 0.356 e. The molecule has 0 radical (unpaired) electrons. The van der Waals surface area contributed by atoms with Crippen LogP contribution in [0.5, 0.6) is 0 Å². The predicted octanol–water partition coefficient (Wildman–Crippen LogP) is 3.01. The van der Waals surface area contributed by atoms with Crippen molar-refractivity contribution in [2.75, 3.05) is 13.1 Å². The van der Waals surface area contributed by atoms with E-state index in [1.54, 1.807) is 23.5 Å². The topological polar surface area (TPSA) is 62.3 Å². The third-order valence-corrected chi connectivity index (χ3v) is 5.19. The van der Waals surface area contributed by atoms with Gasteiger partial charge in [-0.3, -0.25) is 9.59 Å². The van der Waals surface area contributed by atoms with Crippen molar-refractivity contribution in [3.05, 3.63) is 22.2 Å². The Morgan fingerprint density at radius 1 is 1.46 bits per heavy atom. The van der Waals surface area contributed by atoms with E-state index in [1.165, 1.54) is 0 Å². The normalized spacial score (nSPS) is 21.2. The molecule has 0 spiro atoms. The number of nitrogens with one attached hydrogen (secondary N) is 1. The van der Waals surface area contributed by atoms with Crippen LogP contribution in [0.15, 0.2) is 11.5 Å². The highest BCUT2D eigenvalue weighted by molar-refractivity contribution is 7.09. The fourth-order valence-electron chi connectivity index (χ4n) is 2.87. The Labute approximate surface area is 148 Å². The van der Waals surface area contributed by atoms with E-state index in [0.29, 0.717) is 6.54 Å². The number of amides is 2. The van der Waals surface area contributed by atoms with Gasteiger partial charge in [-0.15, -0.1) is 11.3 Å². The molecule has 0 aromatic carbocycles. The van der Waals surface area contributed by atoms with Crippen LogP contribution in [-0.2, 0) is 9.59 Å². The van der Waals surface area contributed by atoms with E-state index in [2.05, 4.69) is 17.2 Å². The van der Waals surface area contributed by atoms with Crippen LogP contribution in [0.4, 0.5) is 0 Å². The van der Waals surface area contributed by atoms with Crippen molar-refractivity contribution in [2.24, 2.45) is 5.92 Å². The third kappa shape index (κ3) is 5.16. The molecule has 5 nitrogen and oxygen atoms in total. The van der Waals surface area contributed by atoms with Gasteiger partial charge < -0.3 is 10.2 Å². The van der Waals surface area contributed by atoms with Crippen LogP contribution in [0.2, 0.25) is 0 Å². The lowest BCUT2D eigenvalue weighted by molar-refractivity contribution is -0.134. The van der Waals surface area contributed by atoms with Gasteiger partial charge in [0.1, 0.15) is 0 Å². The van der Waals surface area contributed by atoms with Gasteiger partial charge in [-0.25, -0.2) is 4.98 Å². The van der Waals surface area contributed by atoms with E-state index in [4.69, 9.17) is 0 Å². The Balaban J connectivity index is 1.93. The van der Waals surface area contributed by atoms with Crippen molar-refractivity contribution in [1.82, 2.24) is 15.2 Å². The quantitative estimate of drug-likeness (QED) is 0.634. The van der Waals surface area contributed by atoms with Gasteiger partial charge in [0, 0.05) is 30.6 Å². The summed E-state index contributed by atoms with van der Waals surface area (Å²) in [7, 11) is 0. The zero-order valence-electron chi connectivity index (χ0n) is 14.7. The maximum absolute atomic E-state index is 12.5. The SMILES string of the molecule is CCCCNC(=O)C1CCC(C)N(C(=O)/C=C/c2csc(C)n2)C1. The van der Waals surface area contributed by atoms with E-state index < -0.39 is 0 Å². The zero-order valence-corrected chi connectivity index (χ0v) is 15.6. The molecular weight excluding hydrogens is 322 g/mol. The number of unbranched alkanes of at least 4 members (excludes halogenated alkanes) is 1. The van der Waals surface area contributed by atoms with E-state index >= 15 is 0 Å². The predicted molar refractivity (Wildman–Crippen MR) is 97.7 cm³/mol. The minimum absolute atomic E-state index is 0.0424. The minimum Gasteiger partial charge on any atom is -0.356 e. The summed E-state index contributed by atoms with van der Waals surface area (Å²) >= 11 is 1.57. The Morgan fingerprint density at radius 2 is 2.25 bits per heavy atom. The Bertz CT molecular complexity index is 597. The summed E-state index contributed by atoms with van der Waals surface area (Å²) in [5, 5.41) is 5.90. The molecule has 2 rings (SSSR count). The van der Waals surface area contributed by atoms with Gasteiger partial charge in [0.05, 0.1) is 16.6 Å². The molecule has 0 bridgehead atoms. The average Bonchev–Trinajstić information content (AvgIpc) is 2.98. The van der Waals surface area contributed by atoms with Crippen LogP contribution in [-0.4, -0.2) is 40.8 Å².